The molecule has 2 aromatic carbocycles. The number of nitrogens with zero attached hydrogens (tertiary/aromatic N) is 1. The topological polar surface area (TPSA) is 288 Å². The first-order valence-electron chi connectivity index (χ1n) is 16.2. The monoisotopic (exact) mass is 747 g/mol. The number of hydrogen-bond acceptors (Lipinski definition) is 9. The van der Waals surface area contributed by atoms with Crippen LogP contribution in [0.4, 0.5) is 11.4 Å². The summed E-state index contributed by atoms with van der Waals surface area (Å²) in [6.45, 7) is 5.08. The maximum atomic E-state index is 13.4. The number of rotatable bonds is 20. The van der Waals surface area contributed by atoms with Gasteiger partial charge in [0.25, 0.3) is 11.6 Å². The first-order chi connectivity index (χ1) is 24.1. The van der Waals surface area contributed by atoms with E-state index >= 15 is 0 Å². The van der Waals surface area contributed by atoms with Crippen LogP contribution in [0.1, 0.15) is 63.2 Å². The molecule has 18 nitrogen and oxygen atoms in total. The highest BCUT2D eigenvalue weighted by Crippen LogP contribution is 2.16. The van der Waals surface area contributed by atoms with E-state index in [9.17, 15) is 44.0 Å². The predicted molar refractivity (Wildman–Crippen MR) is 194 cm³/mol. The van der Waals surface area contributed by atoms with Crippen LogP contribution in [0.15, 0.2) is 54.6 Å². The van der Waals surface area contributed by atoms with Crippen molar-refractivity contribution in [3.05, 3.63) is 70.3 Å². The van der Waals surface area contributed by atoms with Crippen molar-refractivity contribution in [3.63, 3.8) is 0 Å². The summed E-state index contributed by atoms with van der Waals surface area (Å²) < 4.78 is 0. The van der Waals surface area contributed by atoms with Gasteiger partial charge in [-0.25, -0.2) is 0 Å². The third-order valence-electron chi connectivity index (χ3n) is 7.81. The molecule has 0 heterocycles. The van der Waals surface area contributed by atoms with Gasteiger partial charge in [0.15, 0.2) is 5.96 Å². The molecule has 52 heavy (non-hydrogen) atoms. The van der Waals surface area contributed by atoms with Crippen LogP contribution in [0.3, 0.4) is 0 Å². The van der Waals surface area contributed by atoms with Gasteiger partial charge in [-0.2, -0.15) is 0 Å². The molecule has 0 aromatic heterocycles. The number of halogens is 1. The van der Waals surface area contributed by atoms with Crippen molar-refractivity contribution in [2.24, 2.45) is 11.7 Å². The lowest BCUT2D eigenvalue weighted by atomic mass is 9.97. The number of carbonyl (C=O) groups is 6. The van der Waals surface area contributed by atoms with E-state index in [0.717, 1.165) is 0 Å². The molecule has 10 N–H and O–H groups in total. The summed E-state index contributed by atoms with van der Waals surface area (Å²) in [4.78, 5) is 87.8. The Kier molecular flexibility index (Phi) is 18.8. The predicted octanol–water partition coefficient (Wildman–Crippen LogP) is 1.40. The van der Waals surface area contributed by atoms with Crippen molar-refractivity contribution in [1.29, 1.82) is 5.41 Å². The van der Waals surface area contributed by atoms with Gasteiger partial charge in [0.1, 0.15) is 24.2 Å². The molecular weight excluding hydrogens is 702 g/mol. The zero-order valence-corrected chi connectivity index (χ0v) is 29.8. The summed E-state index contributed by atoms with van der Waals surface area (Å²) in [5.41, 5.74) is 5.65. The number of non-ortho nitro benzene ring substituents is 1. The quantitative estimate of drug-likeness (QED) is 0.0307. The first kappa shape index (κ1) is 44.2. The zero-order valence-electron chi connectivity index (χ0n) is 29.0. The molecule has 0 bridgehead atoms. The lowest BCUT2D eigenvalue weighted by Gasteiger charge is -2.27. The number of benzene rings is 2. The van der Waals surface area contributed by atoms with Crippen molar-refractivity contribution in [1.82, 2.24) is 26.6 Å². The molecule has 0 spiro atoms. The molecule has 2 rings (SSSR count). The SMILES string of the molecule is CC[C@H](C)[C@H](NC(=O)c1ccccc1)C(=O)N[C@@H](CCC(=O)O)C(=O)N[C@@H](C)C(=O)N[C@@H](CCCNC(=N)N)C(=O)Nc1ccc([N+](=O)[O-])cc1.Cl. The van der Waals surface area contributed by atoms with E-state index in [2.05, 4.69) is 31.9 Å². The van der Waals surface area contributed by atoms with Gasteiger partial charge >= 0.3 is 5.97 Å². The van der Waals surface area contributed by atoms with E-state index in [-0.39, 0.29) is 61.5 Å². The van der Waals surface area contributed by atoms with Crippen LogP contribution in [-0.2, 0) is 24.0 Å². The number of nitro groups is 1. The molecule has 19 heteroatoms. The maximum Gasteiger partial charge on any atom is 0.303 e. The largest absolute Gasteiger partial charge is 0.481 e. The number of anilines is 1. The van der Waals surface area contributed by atoms with Gasteiger partial charge in [-0.15, -0.1) is 12.4 Å². The normalized spacial score (nSPS) is 13.3. The van der Waals surface area contributed by atoms with Crippen LogP contribution in [0.25, 0.3) is 0 Å². The number of carboxylic acid groups (broad SMARTS) is 1. The van der Waals surface area contributed by atoms with E-state index in [4.69, 9.17) is 11.1 Å². The Morgan fingerprint density at radius 2 is 1.44 bits per heavy atom. The lowest BCUT2D eigenvalue weighted by Crippen LogP contribution is -2.58. The maximum absolute atomic E-state index is 13.4. The van der Waals surface area contributed by atoms with E-state index in [1.54, 1.807) is 37.3 Å². The highest BCUT2D eigenvalue weighted by molar-refractivity contribution is 6.00. The third-order valence-corrected chi connectivity index (χ3v) is 7.81. The number of aliphatic carboxylic acids is 1. The van der Waals surface area contributed by atoms with E-state index < -0.39 is 71.0 Å². The second kappa shape index (κ2) is 22.1. The molecule has 0 aliphatic heterocycles. The Bertz CT molecular complexity index is 1560. The van der Waals surface area contributed by atoms with Crippen molar-refractivity contribution < 1.29 is 38.8 Å². The van der Waals surface area contributed by atoms with Crippen LogP contribution in [0.2, 0.25) is 0 Å². The Hall–Kier alpha value is -5.78. The van der Waals surface area contributed by atoms with Crippen molar-refractivity contribution in [2.75, 3.05) is 11.9 Å². The van der Waals surface area contributed by atoms with E-state index in [0.29, 0.717) is 12.0 Å². The van der Waals surface area contributed by atoms with Gasteiger partial charge in [-0.3, -0.25) is 44.3 Å². The Labute approximate surface area is 306 Å². The van der Waals surface area contributed by atoms with Gasteiger partial charge in [0.2, 0.25) is 23.6 Å². The second-order valence-corrected chi connectivity index (χ2v) is 11.8. The number of carbonyl (C=O) groups excluding carboxylic acids is 5. The molecule has 2 aromatic rings. The molecule has 0 aliphatic carbocycles. The molecule has 0 unspecified atom stereocenters. The lowest BCUT2D eigenvalue weighted by molar-refractivity contribution is -0.384. The summed E-state index contributed by atoms with van der Waals surface area (Å²) >= 11 is 0. The molecule has 5 atom stereocenters. The molecule has 5 amide bonds. The minimum absolute atomic E-state index is 0. The first-order valence-corrected chi connectivity index (χ1v) is 16.2. The molecule has 0 saturated carbocycles. The number of guanidine groups is 1. The smallest absolute Gasteiger partial charge is 0.303 e. The number of amides is 5. The summed E-state index contributed by atoms with van der Waals surface area (Å²) in [6, 6.07) is 8.33. The van der Waals surface area contributed by atoms with Crippen LogP contribution in [0, 0.1) is 21.4 Å². The van der Waals surface area contributed by atoms with Gasteiger partial charge < -0.3 is 42.7 Å². The van der Waals surface area contributed by atoms with Crippen LogP contribution >= 0.6 is 12.4 Å². The minimum atomic E-state index is -1.40. The summed E-state index contributed by atoms with van der Waals surface area (Å²) in [6.07, 6.45) is 0.00201. The highest BCUT2D eigenvalue weighted by atomic mass is 35.5. The standard InChI is InChI=1S/C33H45N9O9.ClH/c1-4-19(2)27(41-29(46)21-9-6-5-7-10-21)32(49)40-25(16-17-26(43)44)30(47)37-20(3)28(45)39-24(11-8-18-36-33(34)35)31(48)38-22-12-14-23(15-13-22)42(50)51;/h5-7,9-10,12-15,19-20,24-25,27H,4,8,11,16-18H2,1-3H3,(H,37,47)(H,38,48)(H,39,45)(H,40,49)(H,41,46)(H,43,44)(H4,34,35,36);1H/t19-,20-,24-,25-,27-;/m0./s1. The summed E-state index contributed by atoms with van der Waals surface area (Å²) in [5.74, 6) is -5.46. The van der Waals surface area contributed by atoms with Crippen LogP contribution in [0.5, 0.6) is 0 Å². The Morgan fingerprint density at radius 1 is 0.846 bits per heavy atom. The van der Waals surface area contributed by atoms with Gasteiger partial charge in [0, 0.05) is 36.3 Å². The van der Waals surface area contributed by atoms with E-state index in [1.165, 1.54) is 31.2 Å². The van der Waals surface area contributed by atoms with Gasteiger partial charge in [-0.1, -0.05) is 38.5 Å². The number of nitro benzene ring substituents is 1. The fraction of sp³-hybridized carbons (Fsp3) is 0.424. The van der Waals surface area contributed by atoms with Gasteiger partial charge in [-0.05, 0) is 56.4 Å². The minimum Gasteiger partial charge on any atom is -0.481 e. The molecule has 0 fully saturated rings. The van der Waals surface area contributed by atoms with Crippen molar-refractivity contribution in [2.45, 2.75) is 77.0 Å². The molecule has 0 aliphatic rings. The number of nitrogens with two attached hydrogens (primary N) is 1. The third kappa shape index (κ3) is 15.0. The average molecular weight is 748 g/mol. The zero-order chi connectivity index (χ0) is 38.1. The van der Waals surface area contributed by atoms with Crippen molar-refractivity contribution >= 4 is 65.2 Å². The van der Waals surface area contributed by atoms with Crippen molar-refractivity contribution in [3.8, 4) is 0 Å². The van der Waals surface area contributed by atoms with Crippen LogP contribution in [-0.4, -0.2) is 82.2 Å². The van der Waals surface area contributed by atoms with E-state index in [1.807, 2.05) is 6.92 Å². The molecule has 284 valence electrons. The van der Waals surface area contributed by atoms with Crippen LogP contribution < -0.4 is 37.6 Å². The molecule has 0 saturated heterocycles. The second-order valence-electron chi connectivity index (χ2n) is 11.8. The number of hydrogen-bond donors (Lipinski definition) is 9. The molecule has 0 radical (unpaired) electrons. The van der Waals surface area contributed by atoms with Gasteiger partial charge in [0.05, 0.1) is 4.92 Å². The average Bonchev–Trinajstić information content (AvgIpc) is 3.09. The number of carboxylic acids is 1. The Balaban J connectivity index is 0.0000135. The number of nitrogens with one attached hydrogen (secondary N) is 7. The summed E-state index contributed by atoms with van der Waals surface area (Å²) in [5, 5.41) is 42.9. The Morgan fingerprint density at radius 3 is 2.00 bits per heavy atom. The fourth-order valence-corrected chi connectivity index (χ4v) is 4.68. The highest BCUT2D eigenvalue weighted by Gasteiger charge is 2.32. The fourth-order valence-electron chi connectivity index (χ4n) is 4.68. The molecular formula is C33H46ClN9O9. The summed E-state index contributed by atoms with van der Waals surface area (Å²) in [7, 11) is 0.